The highest BCUT2D eigenvalue weighted by atomic mass is 32.2. The van der Waals surface area contributed by atoms with Gasteiger partial charge in [-0.3, -0.25) is 5.10 Å². The van der Waals surface area contributed by atoms with E-state index in [1.807, 2.05) is 6.26 Å². The van der Waals surface area contributed by atoms with Crippen molar-refractivity contribution in [3.05, 3.63) is 11.9 Å². The van der Waals surface area contributed by atoms with Crippen LogP contribution in [0.3, 0.4) is 0 Å². The first-order valence-corrected chi connectivity index (χ1v) is 7.94. The summed E-state index contributed by atoms with van der Waals surface area (Å²) in [4.78, 5) is 0.234. The molecule has 0 bridgehead atoms. The molecular weight excluding hydrogens is 246 g/mol. The van der Waals surface area contributed by atoms with Gasteiger partial charge in [0.25, 0.3) is 0 Å². The third-order valence-electron chi connectivity index (χ3n) is 2.14. The van der Waals surface area contributed by atoms with Crippen molar-refractivity contribution in [2.45, 2.75) is 24.7 Å². The van der Waals surface area contributed by atoms with Gasteiger partial charge in [0.1, 0.15) is 4.90 Å². The zero-order valence-electron chi connectivity index (χ0n) is 9.49. The number of aromatic amines is 1. The molecule has 1 aromatic rings. The molecule has 0 aliphatic heterocycles. The summed E-state index contributed by atoms with van der Waals surface area (Å²) in [5, 5.41) is 6.31. The van der Waals surface area contributed by atoms with Crippen molar-refractivity contribution in [2.24, 2.45) is 0 Å². The molecule has 0 aliphatic rings. The van der Waals surface area contributed by atoms with Gasteiger partial charge in [-0.05, 0) is 31.8 Å². The number of rotatable bonds is 7. The number of aryl methyl sites for hydroxylation is 1. The number of unbranched alkanes of at least 4 members (excludes halogenated alkanes) is 1. The third kappa shape index (κ3) is 3.80. The van der Waals surface area contributed by atoms with E-state index in [1.165, 1.54) is 6.20 Å². The minimum atomic E-state index is -3.39. The van der Waals surface area contributed by atoms with Crippen LogP contribution in [0.15, 0.2) is 11.1 Å². The van der Waals surface area contributed by atoms with Crippen LogP contribution >= 0.6 is 11.8 Å². The van der Waals surface area contributed by atoms with Crippen molar-refractivity contribution in [3.63, 3.8) is 0 Å². The van der Waals surface area contributed by atoms with E-state index in [4.69, 9.17) is 0 Å². The number of aromatic nitrogens is 2. The minimum Gasteiger partial charge on any atom is -0.281 e. The Hall–Kier alpha value is -0.530. The Morgan fingerprint density at radius 2 is 2.25 bits per heavy atom. The average molecular weight is 263 g/mol. The van der Waals surface area contributed by atoms with Crippen LogP contribution in [0.4, 0.5) is 0 Å². The van der Waals surface area contributed by atoms with Crippen molar-refractivity contribution in [1.82, 2.24) is 14.9 Å². The summed E-state index contributed by atoms with van der Waals surface area (Å²) in [5.74, 6) is 1.06. The van der Waals surface area contributed by atoms with Crippen LogP contribution in [0.1, 0.15) is 18.5 Å². The molecule has 0 radical (unpaired) electrons. The average Bonchev–Trinajstić information content (AvgIpc) is 2.65. The van der Waals surface area contributed by atoms with Crippen LogP contribution in [0, 0.1) is 6.92 Å². The quantitative estimate of drug-likeness (QED) is 0.723. The number of sulfonamides is 1. The first-order valence-electron chi connectivity index (χ1n) is 5.06. The lowest BCUT2D eigenvalue weighted by Crippen LogP contribution is -2.25. The second-order valence-corrected chi connectivity index (χ2v) is 6.18. The molecular formula is C9H17N3O2S2. The van der Waals surface area contributed by atoms with Crippen LogP contribution < -0.4 is 4.72 Å². The lowest BCUT2D eigenvalue weighted by Gasteiger charge is -2.04. The molecule has 0 atom stereocenters. The van der Waals surface area contributed by atoms with E-state index < -0.39 is 10.0 Å². The Labute approximate surface area is 100 Å². The maximum Gasteiger partial charge on any atom is 0.243 e. The Morgan fingerprint density at radius 3 is 2.81 bits per heavy atom. The normalized spacial score (nSPS) is 11.9. The molecule has 5 nitrogen and oxygen atoms in total. The fraction of sp³-hybridized carbons (Fsp3) is 0.667. The highest BCUT2D eigenvalue weighted by Gasteiger charge is 2.17. The SMILES string of the molecule is CSCCCCNS(=O)(=O)c1cn[nH]c1C. The summed E-state index contributed by atoms with van der Waals surface area (Å²) < 4.78 is 26.1. The molecule has 0 spiro atoms. The largest absolute Gasteiger partial charge is 0.281 e. The molecule has 0 aliphatic carbocycles. The zero-order valence-corrected chi connectivity index (χ0v) is 11.1. The number of thioether (sulfide) groups is 1. The van der Waals surface area contributed by atoms with Gasteiger partial charge in [-0.1, -0.05) is 0 Å². The standard InChI is InChI=1S/C9H17N3O2S2/c1-8-9(7-10-12-8)16(13,14)11-5-3-4-6-15-2/h7,11H,3-6H2,1-2H3,(H,10,12). The Morgan fingerprint density at radius 1 is 1.50 bits per heavy atom. The molecule has 0 saturated carbocycles. The molecule has 0 saturated heterocycles. The lowest BCUT2D eigenvalue weighted by molar-refractivity contribution is 0.578. The van der Waals surface area contributed by atoms with Gasteiger partial charge in [-0.25, -0.2) is 13.1 Å². The van der Waals surface area contributed by atoms with E-state index in [1.54, 1.807) is 18.7 Å². The highest BCUT2D eigenvalue weighted by Crippen LogP contribution is 2.10. The first kappa shape index (κ1) is 13.5. The van der Waals surface area contributed by atoms with E-state index in [0.717, 1.165) is 18.6 Å². The van der Waals surface area contributed by atoms with Crippen LogP contribution in [0.2, 0.25) is 0 Å². The van der Waals surface area contributed by atoms with E-state index in [-0.39, 0.29) is 4.90 Å². The summed E-state index contributed by atoms with van der Waals surface area (Å²) in [6, 6.07) is 0. The minimum absolute atomic E-state index is 0.234. The van der Waals surface area contributed by atoms with Gasteiger partial charge in [0, 0.05) is 6.54 Å². The highest BCUT2D eigenvalue weighted by molar-refractivity contribution is 7.98. The summed E-state index contributed by atoms with van der Waals surface area (Å²) in [6.07, 6.45) is 5.25. The molecule has 1 heterocycles. The van der Waals surface area contributed by atoms with Gasteiger partial charge in [0.15, 0.2) is 0 Å². The molecule has 7 heteroatoms. The predicted molar refractivity (Wildman–Crippen MR) is 66.1 cm³/mol. The van der Waals surface area contributed by atoms with E-state index in [2.05, 4.69) is 14.9 Å². The Kier molecular flexibility index (Phi) is 5.30. The van der Waals surface area contributed by atoms with Gasteiger partial charge in [0.05, 0.1) is 11.9 Å². The fourth-order valence-electron chi connectivity index (χ4n) is 1.27. The molecule has 2 N–H and O–H groups in total. The van der Waals surface area contributed by atoms with Crippen molar-refractivity contribution in [2.75, 3.05) is 18.6 Å². The van der Waals surface area contributed by atoms with E-state index in [0.29, 0.717) is 12.2 Å². The second-order valence-electron chi connectivity index (χ2n) is 3.46. The summed E-state index contributed by atoms with van der Waals surface area (Å²) in [7, 11) is -3.39. The van der Waals surface area contributed by atoms with Gasteiger partial charge in [0.2, 0.25) is 10.0 Å². The number of hydrogen-bond donors (Lipinski definition) is 2. The van der Waals surface area contributed by atoms with Crippen LogP contribution in [-0.2, 0) is 10.0 Å². The fourth-order valence-corrected chi connectivity index (χ4v) is 2.97. The van der Waals surface area contributed by atoms with Crippen LogP contribution in [-0.4, -0.2) is 37.2 Å². The van der Waals surface area contributed by atoms with Crippen molar-refractivity contribution < 1.29 is 8.42 Å². The van der Waals surface area contributed by atoms with Gasteiger partial charge < -0.3 is 0 Å². The first-order chi connectivity index (χ1) is 7.58. The number of H-pyrrole nitrogens is 1. The Bertz CT molecular complexity index is 414. The molecule has 1 rings (SSSR count). The van der Waals surface area contributed by atoms with Gasteiger partial charge in [-0.15, -0.1) is 0 Å². The monoisotopic (exact) mass is 263 g/mol. The van der Waals surface area contributed by atoms with Gasteiger partial charge >= 0.3 is 0 Å². The second kappa shape index (κ2) is 6.27. The van der Waals surface area contributed by atoms with E-state index >= 15 is 0 Å². The van der Waals surface area contributed by atoms with Crippen molar-refractivity contribution in [3.8, 4) is 0 Å². The predicted octanol–water partition coefficient (Wildman–Crippen LogP) is 1.14. The molecule has 16 heavy (non-hydrogen) atoms. The molecule has 0 fully saturated rings. The molecule has 0 amide bonds. The maximum atomic E-state index is 11.8. The van der Waals surface area contributed by atoms with Gasteiger partial charge in [-0.2, -0.15) is 16.9 Å². The summed E-state index contributed by atoms with van der Waals surface area (Å²) >= 11 is 1.77. The van der Waals surface area contributed by atoms with Crippen molar-refractivity contribution in [1.29, 1.82) is 0 Å². The van der Waals surface area contributed by atoms with Crippen LogP contribution in [0.25, 0.3) is 0 Å². The number of nitrogens with zero attached hydrogens (tertiary/aromatic N) is 1. The third-order valence-corrected chi connectivity index (χ3v) is 4.41. The number of nitrogens with one attached hydrogen (secondary N) is 2. The molecule has 0 aromatic carbocycles. The van der Waals surface area contributed by atoms with Crippen LogP contribution in [0.5, 0.6) is 0 Å². The zero-order chi connectivity index (χ0) is 12.0. The molecule has 0 unspecified atom stereocenters. The maximum absolute atomic E-state index is 11.8. The Balaban J connectivity index is 2.45. The van der Waals surface area contributed by atoms with E-state index in [9.17, 15) is 8.42 Å². The summed E-state index contributed by atoms with van der Waals surface area (Å²) in [6.45, 7) is 2.17. The molecule has 1 aromatic heterocycles. The smallest absolute Gasteiger partial charge is 0.243 e. The van der Waals surface area contributed by atoms with Crippen molar-refractivity contribution >= 4 is 21.8 Å². The number of hydrogen-bond acceptors (Lipinski definition) is 4. The lowest BCUT2D eigenvalue weighted by atomic mass is 10.3. The summed E-state index contributed by atoms with van der Waals surface area (Å²) in [5.41, 5.74) is 0.566. The molecule has 92 valence electrons. The topological polar surface area (TPSA) is 74.8 Å².